The fourth-order valence-corrected chi connectivity index (χ4v) is 3.95. The topological polar surface area (TPSA) is 72.6 Å². The highest BCUT2D eigenvalue weighted by molar-refractivity contribution is 6.31. The Morgan fingerprint density at radius 3 is 1.94 bits per heavy atom. The van der Waals surface area contributed by atoms with Crippen LogP contribution in [0.15, 0.2) is 84.9 Å². The molecular weight excluding hydrogens is 424 g/mol. The Bertz CT molecular complexity index is 1000. The molecule has 0 unspecified atom stereocenters. The predicted molar refractivity (Wildman–Crippen MR) is 126 cm³/mol. The minimum absolute atomic E-state index is 0.0392. The number of amides is 1. The molecule has 0 heterocycles. The zero-order valence-corrected chi connectivity index (χ0v) is 18.8. The third kappa shape index (κ3) is 5.18. The van der Waals surface area contributed by atoms with E-state index in [0.29, 0.717) is 23.7 Å². The normalized spacial score (nSPS) is 11.1. The van der Waals surface area contributed by atoms with Crippen molar-refractivity contribution in [2.75, 3.05) is 20.1 Å². The van der Waals surface area contributed by atoms with Crippen LogP contribution in [0.3, 0.4) is 0 Å². The molecule has 0 bridgehead atoms. The standard InChI is InChI=1S/C26H27ClN2O3/c1-29(19-18-28)24(30)16-17-25(31)32-26(20-10-4-2-5-11-20,21-12-6-3-7-13-21)22-14-8-9-15-23(22)27/h2-15H,16-19,28H2,1H3. The number of ether oxygens (including phenoxy) is 1. The van der Waals surface area contributed by atoms with Gasteiger partial charge in [0.05, 0.1) is 6.42 Å². The Labute approximate surface area is 193 Å². The summed E-state index contributed by atoms with van der Waals surface area (Å²) >= 11 is 6.63. The van der Waals surface area contributed by atoms with Gasteiger partial charge < -0.3 is 15.4 Å². The van der Waals surface area contributed by atoms with Gasteiger partial charge in [0, 0.05) is 48.3 Å². The third-order valence-electron chi connectivity index (χ3n) is 5.31. The molecule has 0 radical (unpaired) electrons. The van der Waals surface area contributed by atoms with E-state index in [-0.39, 0.29) is 18.7 Å². The Kier molecular flexibility index (Phi) is 8.03. The van der Waals surface area contributed by atoms with Gasteiger partial charge in [-0.15, -0.1) is 0 Å². The van der Waals surface area contributed by atoms with Gasteiger partial charge in [-0.05, 0) is 6.07 Å². The van der Waals surface area contributed by atoms with Crippen LogP contribution in [-0.4, -0.2) is 36.9 Å². The van der Waals surface area contributed by atoms with Crippen LogP contribution >= 0.6 is 11.6 Å². The highest BCUT2D eigenvalue weighted by atomic mass is 35.5. The highest BCUT2D eigenvalue weighted by Gasteiger charge is 2.42. The molecular formula is C26H27ClN2O3. The van der Waals surface area contributed by atoms with Gasteiger partial charge in [0.25, 0.3) is 0 Å². The molecule has 166 valence electrons. The molecule has 0 aliphatic carbocycles. The van der Waals surface area contributed by atoms with E-state index in [9.17, 15) is 9.59 Å². The smallest absolute Gasteiger partial charge is 0.307 e. The molecule has 0 atom stereocenters. The van der Waals surface area contributed by atoms with Crippen LogP contribution < -0.4 is 5.73 Å². The zero-order chi connectivity index (χ0) is 23.0. The number of rotatable bonds is 9. The average molecular weight is 451 g/mol. The molecule has 0 fully saturated rings. The van der Waals surface area contributed by atoms with Gasteiger partial charge in [-0.2, -0.15) is 0 Å². The third-order valence-corrected chi connectivity index (χ3v) is 5.64. The summed E-state index contributed by atoms with van der Waals surface area (Å²) in [5, 5.41) is 0.478. The minimum atomic E-state index is -1.26. The fraction of sp³-hybridized carbons (Fsp3) is 0.231. The molecule has 6 heteroatoms. The van der Waals surface area contributed by atoms with Crippen molar-refractivity contribution >= 4 is 23.5 Å². The molecule has 0 aromatic heterocycles. The number of likely N-dealkylation sites (N-methyl/N-ethyl adjacent to an activating group) is 1. The summed E-state index contributed by atoms with van der Waals surface area (Å²) in [6, 6.07) is 26.3. The Morgan fingerprint density at radius 1 is 0.875 bits per heavy atom. The minimum Gasteiger partial charge on any atom is -0.444 e. The lowest BCUT2D eigenvalue weighted by molar-refractivity contribution is -0.155. The van der Waals surface area contributed by atoms with Crippen molar-refractivity contribution in [1.29, 1.82) is 0 Å². The average Bonchev–Trinajstić information content (AvgIpc) is 2.83. The van der Waals surface area contributed by atoms with Gasteiger partial charge in [0.1, 0.15) is 0 Å². The summed E-state index contributed by atoms with van der Waals surface area (Å²) < 4.78 is 6.25. The fourth-order valence-electron chi connectivity index (χ4n) is 3.68. The van der Waals surface area contributed by atoms with Crippen molar-refractivity contribution in [2.45, 2.75) is 18.4 Å². The quantitative estimate of drug-likeness (QED) is 0.388. The molecule has 5 nitrogen and oxygen atoms in total. The van der Waals surface area contributed by atoms with Crippen molar-refractivity contribution in [2.24, 2.45) is 5.73 Å². The lowest BCUT2D eigenvalue weighted by atomic mass is 9.80. The lowest BCUT2D eigenvalue weighted by Crippen LogP contribution is -2.36. The van der Waals surface area contributed by atoms with Crippen LogP contribution in [0.5, 0.6) is 0 Å². The molecule has 3 aromatic carbocycles. The van der Waals surface area contributed by atoms with Gasteiger partial charge in [0.2, 0.25) is 5.91 Å². The van der Waals surface area contributed by atoms with Crippen LogP contribution in [0.1, 0.15) is 29.5 Å². The van der Waals surface area contributed by atoms with E-state index in [1.807, 2.05) is 78.9 Å². The van der Waals surface area contributed by atoms with Crippen molar-refractivity contribution in [3.8, 4) is 0 Å². The number of benzene rings is 3. The maximum atomic E-state index is 13.1. The zero-order valence-electron chi connectivity index (χ0n) is 18.0. The molecule has 0 spiro atoms. The van der Waals surface area contributed by atoms with Crippen LogP contribution in [-0.2, 0) is 19.9 Å². The van der Waals surface area contributed by atoms with Crippen LogP contribution in [0.2, 0.25) is 5.02 Å². The van der Waals surface area contributed by atoms with E-state index in [1.165, 1.54) is 4.90 Å². The van der Waals surface area contributed by atoms with E-state index >= 15 is 0 Å². The number of nitrogens with zero attached hydrogens (tertiary/aromatic N) is 1. The maximum Gasteiger partial charge on any atom is 0.307 e. The van der Waals surface area contributed by atoms with Crippen molar-refractivity contribution in [1.82, 2.24) is 4.90 Å². The summed E-state index contributed by atoms with van der Waals surface area (Å²) in [6.45, 7) is 0.801. The lowest BCUT2D eigenvalue weighted by Gasteiger charge is -2.36. The SMILES string of the molecule is CN(CCN)C(=O)CCC(=O)OC(c1ccccc1)(c1ccccc1)c1ccccc1Cl. The number of carbonyl (C=O) groups excluding carboxylic acids is 2. The summed E-state index contributed by atoms with van der Waals surface area (Å²) in [5.41, 5.74) is 6.43. The molecule has 1 amide bonds. The molecule has 0 saturated carbocycles. The second kappa shape index (κ2) is 10.9. The molecule has 2 N–H and O–H groups in total. The van der Waals surface area contributed by atoms with E-state index in [2.05, 4.69) is 0 Å². The summed E-state index contributed by atoms with van der Waals surface area (Å²) in [7, 11) is 1.67. The Morgan fingerprint density at radius 2 is 1.41 bits per heavy atom. The molecule has 0 aliphatic heterocycles. The molecule has 3 rings (SSSR count). The van der Waals surface area contributed by atoms with Crippen molar-refractivity contribution in [3.63, 3.8) is 0 Å². The van der Waals surface area contributed by atoms with Gasteiger partial charge in [-0.1, -0.05) is 90.5 Å². The molecule has 0 saturated heterocycles. The Hall–Kier alpha value is -3.15. The monoisotopic (exact) mass is 450 g/mol. The number of nitrogens with two attached hydrogens (primary N) is 1. The molecule has 3 aromatic rings. The van der Waals surface area contributed by atoms with Crippen LogP contribution in [0.4, 0.5) is 0 Å². The van der Waals surface area contributed by atoms with E-state index in [4.69, 9.17) is 22.1 Å². The van der Waals surface area contributed by atoms with Gasteiger partial charge >= 0.3 is 5.97 Å². The van der Waals surface area contributed by atoms with Gasteiger partial charge in [-0.25, -0.2) is 0 Å². The largest absolute Gasteiger partial charge is 0.444 e. The van der Waals surface area contributed by atoms with Crippen LogP contribution in [0, 0.1) is 0 Å². The number of halogens is 1. The van der Waals surface area contributed by atoms with E-state index in [0.717, 1.165) is 11.1 Å². The number of hydrogen-bond acceptors (Lipinski definition) is 4. The van der Waals surface area contributed by atoms with Gasteiger partial charge in [0.15, 0.2) is 5.60 Å². The second-order valence-corrected chi connectivity index (χ2v) is 7.88. The Balaban J connectivity index is 2.04. The highest BCUT2D eigenvalue weighted by Crippen LogP contribution is 2.43. The summed E-state index contributed by atoms with van der Waals surface area (Å²) in [6.07, 6.45) is -0.0167. The molecule has 0 aliphatic rings. The van der Waals surface area contributed by atoms with Crippen LogP contribution in [0.25, 0.3) is 0 Å². The first-order valence-electron chi connectivity index (χ1n) is 10.5. The molecule has 32 heavy (non-hydrogen) atoms. The predicted octanol–water partition coefficient (Wildman–Crippen LogP) is 4.37. The first kappa shape index (κ1) is 23.5. The van der Waals surface area contributed by atoms with Crippen molar-refractivity contribution in [3.05, 3.63) is 107 Å². The first-order valence-corrected chi connectivity index (χ1v) is 10.9. The number of esters is 1. The van der Waals surface area contributed by atoms with Crippen molar-refractivity contribution < 1.29 is 14.3 Å². The number of carbonyl (C=O) groups is 2. The first-order chi connectivity index (χ1) is 15.5. The van der Waals surface area contributed by atoms with E-state index in [1.54, 1.807) is 13.1 Å². The van der Waals surface area contributed by atoms with E-state index < -0.39 is 11.6 Å². The summed E-state index contributed by atoms with van der Waals surface area (Å²) in [5.74, 6) is -0.651. The number of hydrogen-bond donors (Lipinski definition) is 1. The summed E-state index contributed by atoms with van der Waals surface area (Å²) in [4.78, 5) is 26.9. The van der Waals surface area contributed by atoms with Gasteiger partial charge in [-0.3, -0.25) is 9.59 Å². The maximum absolute atomic E-state index is 13.1. The second-order valence-electron chi connectivity index (χ2n) is 7.47.